The number of aliphatic carboxylic acids is 1. The van der Waals surface area contributed by atoms with Gasteiger partial charge in [0.25, 0.3) is 0 Å². The summed E-state index contributed by atoms with van der Waals surface area (Å²) in [4.78, 5) is 36.6. The third-order valence-electron chi connectivity index (χ3n) is 8.15. The molecule has 2 saturated heterocycles. The number of amidine groups is 1. The minimum Gasteiger partial charge on any atom is -0.481 e. The van der Waals surface area contributed by atoms with Crippen molar-refractivity contribution in [3.05, 3.63) is 62.2 Å². The fourth-order valence-electron chi connectivity index (χ4n) is 6.54. The Labute approximate surface area is 226 Å². The molecular formula is C26H27BrN4O5S. The smallest absolute Gasteiger partial charge is 0.338 e. The number of piperidine rings is 1. The summed E-state index contributed by atoms with van der Waals surface area (Å²) >= 11 is 5.13. The highest BCUT2D eigenvalue weighted by molar-refractivity contribution is 9.10. The number of hydrogen-bond donors (Lipinski definition) is 2. The van der Waals surface area contributed by atoms with E-state index in [1.165, 1.54) is 11.3 Å². The number of esters is 1. The van der Waals surface area contributed by atoms with Gasteiger partial charge < -0.3 is 19.9 Å². The van der Waals surface area contributed by atoms with Crippen molar-refractivity contribution in [3.63, 3.8) is 0 Å². The lowest BCUT2D eigenvalue weighted by Crippen LogP contribution is -2.80. The molecule has 0 bridgehead atoms. The number of aromatic nitrogens is 1. The first-order valence-electron chi connectivity index (χ1n) is 12.4. The van der Waals surface area contributed by atoms with Gasteiger partial charge in [0.05, 0.1) is 25.4 Å². The van der Waals surface area contributed by atoms with Crippen molar-refractivity contribution in [2.24, 2.45) is 16.3 Å². The summed E-state index contributed by atoms with van der Waals surface area (Å²) in [6.45, 7) is 3.70. The monoisotopic (exact) mass is 586 g/mol. The number of rotatable bonds is 8. The number of hydrogen-bond acceptors (Lipinski definition) is 9. The van der Waals surface area contributed by atoms with Crippen LogP contribution in [0.5, 0.6) is 0 Å². The molecule has 1 aliphatic carbocycles. The van der Waals surface area contributed by atoms with Crippen LogP contribution in [-0.2, 0) is 19.1 Å². The SMILES string of the molecule is CCOC(=O)C1=C(CN2C3COCC34C(CC(=O)O)CC24)NC(c2nccs2)=N[C@H]1c1ccccc1Br. The van der Waals surface area contributed by atoms with Crippen molar-refractivity contribution in [3.8, 4) is 0 Å². The third-order valence-corrected chi connectivity index (χ3v) is 9.66. The molecule has 3 aliphatic heterocycles. The van der Waals surface area contributed by atoms with E-state index in [1.807, 2.05) is 29.6 Å². The molecule has 1 aromatic heterocycles. The largest absolute Gasteiger partial charge is 0.481 e. The molecule has 11 heteroatoms. The Morgan fingerprint density at radius 2 is 2.19 bits per heavy atom. The second-order valence-corrected chi connectivity index (χ2v) is 11.6. The van der Waals surface area contributed by atoms with Gasteiger partial charge in [0.1, 0.15) is 6.04 Å². The van der Waals surface area contributed by atoms with E-state index in [0.29, 0.717) is 31.2 Å². The van der Waals surface area contributed by atoms with Gasteiger partial charge in [-0.1, -0.05) is 34.1 Å². The number of carbonyl (C=O) groups excluding carboxylic acids is 1. The highest BCUT2D eigenvalue weighted by Crippen LogP contribution is 2.65. The van der Waals surface area contributed by atoms with Crippen LogP contribution >= 0.6 is 27.3 Å². The van der Waals surface area contributed by atoms with Crippen molar-refractivity contribution in [1.82, 2.24) is 15.2 Å². The fraction of sp³-hybridized carbons (Fsp3) is 0.462. The summed E-state index contributed by atoms with van der Waals surface area (Å²) in [6, 6.07) is 7.54. The first-order chi connectivity index (χ1) is 17.9. The van der Waals surface area contributed by atoms with E-state index in [9.17, 15) is 14.7 Å². The summed E-state index contributed by atoms with van der Waals surface area (Å²) in [5, 5.41) is 15.5. The molecule has 4 heterocycles. The van der Waals surface area contributed by atoms with Crippen molar-refractivity contribution in [1.29, 1.82) is 0 Å². The van der Waals surface area contributed by atoms with Crippen LogP contribution in [0.15, 0.2) is 56.6 Å². The zero-order valence-electron chi connectivity index (χ0n) is 20.2. The van der Waals surface area contributed by atoms with E-state index >= 15 is 0 Å². The van der Waals surface area contributed by atoms with Crippen molar-refractivity contribution >= 4 is 45.0 Å². The molecule has 1 aromatic carbocycles. The summed E-state index contributed by atoms with van der Waals surface area (Å²) < 4.78 is 12.3. The number of halogens is 1. The second-order valence-electron chi connectivity index (χ2n) is 9.84. The zero-order chi connectivity index (χ0) is 25.7. The quantitative estimate of drug-likeness (QED) is 0.453. The summed E-state index contributed by atoms with van der Waals surface area (Å²) in [6.07, 6.45) is 2.72. The molecule has 4 unspecified atom stereocenters. The lowest BCUT2D eigenvalue weighted by molar-refractivity contribution is -0.222. The Bertz CT molecular complexity index is 1300. The lowest BCUT2D eigenvalue weighted by atomic mass is 9.46. The van der Waals surface area contributed by atoms with E-state index in [0.717, 1.165) is 27.2 Å². The predicted molar refractivity (Wildman–Crippen MR) is 140 cm³/mol. The highest BCUT2D eigenvalue weighted by atomic mass is 79.9. The van der Waals surface area contributed by atoms with E-state index in [2.05, 4.69) is 31.1 Å². The van der Waals surface area contributed by atoms with Crippen LogP contribution in [0.3, 0.4) is 0 Å². The molecule has 1 spiro atoms. The molecule has 0 amide bonds. The Morgan fingerprint density at radius 1 is 1.35 bits per heavy atom. The molecule has 0 radical (unpaired) electrons. The zero-order valence-corrected chi connectivity index (χ0v) is 22.6. The Morgan fingerprint density at radius 3 is 2.92 bits per heavy atom. The molecule has 5 atom stereocenters. The Kier molecular flexibility index (Phi) is 6.42. The number of carboxylic acids is 1. The summed E-state index contributed by atoms with van der Waals surface area (Å²) in [5.41, 5.74) is 1.98. The number of ether oxygens (including phenoxy) is 2. The van der Waals surface area contributed by atoms with E-state index in [4.69, 9.17) is 14.5 Å². The van der Waals surface area contributed by atoms with Crippen LogP contribution in [0.2, 0.25) is 0 Å². The van der Waals surface area contributed by atoms with Gasteiger partial charge in [0.15, 0.2) is 10.8 Å². The molecule has 2 N–H and O–H groups in total. The van der Waals surface area contributed by atoms with Crippen LogP contribution in [0.4, 0.5) is 0 Å². The lowest BCUT2D eigenvalue weighted by Gasteiger charge is -2.71. The highest BCUT2D eigenvalue weighted by Gasteiger charge is 2.73. The van der Waals surface area contributed by atoms with Crippen LogP contribution < -0.4 is 5.32 Å². The maximum Gasteiger partial charge on any atom is 0.338 e. The molecule has 6 rings (SSSR count). The number of thiazole rings is 1. The fourth-order valence-corrected chi connectivity index (χ4v) is 7.63. The summed E-state index contributed by atoms with van der Waals surface area (Å²) in [7, 11) is 0. The van der Waals surface area contributed by atoms with Crippen LogP contribution in [0.25, 0.3) is 0 Å². The van der Waals surface area contributed by atoms with E-state index in [-0.39, 0.29) is 36.4 Å². The Hall–Kier alpha value is -2.60. The van der Waals surface area contributed by atoms with Gasteiger partial charge >= 0.3 is 11.9 Å². The molecule has 3 fully saturated rings. The molecule has 2 aromatic rings. The van der Waals surface area contributed by atoms with Gasteiger partial charge in [0, 0.05) is 52.2 Å². The number of carbonyl (C=O) groups is 2. The normalized spacial score (nSPS) is 30.4. The molecule has 1 saturated carbocycles. The van der Waals surface area contributed by atoms with E-state index < -0.39 is 18.0 Å². The number of likely N-dealkylation sites (tertiary alicyclic amines) is 1. The number of benzene rings is 1. The number of nitrogens with zero attached hydrogens (tertiary/aromatic N) is 3. The van der Waals surface area contributed by atoms with Gasteiger partial charge in [-0.15, -0.1) is 11.3 Å². The third kappa shape index (κ3) is 3.94. The standard InChI is InChI=1S/C26H27BrN4O5S/c1-2-36-25(34)21-17(11-31-18-9-14(10-20(32)33)26(18)13-35-12-19(26)31)29-23(24-28-7-8-37-24)30-22(21)15-5-3-4-6-16(15)27/h3-8,14,18-19,22H,2,9-13H2,1H3,(H,29,30)(H,32,33)/t14?,18?,19?,22-,26?/m0/s1. The molecular weight excluding hydrogens is 560 g/mol. The average Bonchev–Trinajstić information content (AvgIpc) is 3.56. The maximum absolute atomic E-state index is 13.4. The van der Waals surface area contributed by atoms with Crippen molar-refractivity contribution in [2.75, 3.05) is 26.4 Å². The second kappa shape index (κ2) is 9.61. The van der Waals surface area contributed by atoms with E-state index in [1.54, 1.807) is 13.1 Å². The maximum atomic E-state index is 13.4. The molecule has 9 nitrogen and oxygen atoms in total. The average molecular weight is 587 g/mol. The van der Waals surface area contributed by atoms with Gasteiger partial charge in [-0.2, -0.15) is 0 Å². The summed E-state index contributed by atoms with van der Waals surface area (Å²) in [5.74, 6) is -0.425. The van der Waals surface area contributed by atoms with Crippen LogP contribution in [-0.4, -0.2) is 71.2 Å². The topological polar surface area (TPSA) is 113 Å². The first-order valence-corrected chi connectivity index (χ1v) is 14.1. The van der Waals surface area contributed by atoms with Gasteiger partial charge in [0.2, 0.25) is 0 Å². The Balaban J connectivity index is 1.38. The molecule has 37 heavy (non-hydrogen) atoms. The van der Waals surface area contributed by atoms with Gasteiger partial charge in [-0.05, 0) is 30.9 Å². The van der Waals surface area contributed by atoms with Crippen LogP contribution in [0, 0.1) is 11.3 Å². The predicted octanol–water partition coefficient (Wildman–Crippen LogP) is 3.38. The van der Waals surface area contributed by atoms with Crippen LogP contribution in [0.1, 0.15) is 36.4 Å². The minimum atomic E-state index is -0.760. The van der Waals surface area contributed by atoms with Gasteiger partial charge in [-0.25, -0.2) is 9.78 Å². The first kappa shape index (κ1) is 24.7. The molecule has 194 valence electrons. The molecule has 4 aliphatic rings. The number of nitrogens with one attached hydrogen (secondary N) is 1. The van der Waals surface area contributed by atoms with Crippen molar-refractivity contribution < 1.29 is 24.2 Å². The van der Waals surface area contributed by atoms with Gasteiger partial charge in [-0.3, -0.25) is 14.7 Å². The number of aliphatic imine (C=N–C) groups is 1. The number of carboxylic acid groups (broad SMARTS) is 1. The van der Waals surface area contributed by atoms with Crippen molar-refractivity contribution in [2.45, 2.75) is 37.9 Å². The minimum absolute atomic E-state index is 0.105.